The molecule has 2 N–H and O–H groups in total. The third-order valence-corrected chi connectivity index (χ3v) is 3.86. The van der Waals surface area contributed by atoms with E-state index in [9.17, 15) is 14.4 Å². The van der Waals surface area contributed by atoms with Crippen LogP contribution in [0.25, 0.3) is 6.08 Å². The fourth-order valence-corrected chi connectivity index (χ4v) is 2.35. The normalized spacial score (nSPS) is 12.6. The van der Waals surface area contributed by atoms with Crippen molar-refractivity contribution >= 4 is 23.9 Å². The number of carbonyl (C=O) groups excluding carboxylic acids is 3. The van der Waals surface area contributed by atoms with E-state index in [1.54, 1.807) is 6.08 Å². The van der Waals surface area contributed by atoms with Crippen molar-refractivity contribution in [1.29, 1.82) is 0 Å². The van der Waals surface area contributed by atoms with Crippen molar-refractivity contribution < 1.29 is 19.1 Å². The number of hydrogen-bond acceptors (Lipinski definition) is 4. The fraction of sp³-hybridized carbons (Fsp3) is 0.476. The van der Waals surface area contributed by atoms with Crippen molar-refractivity contribution in [2.45, 2.75) is 58.8 Å². The smallest absolute Gasteiger partial charge is 0.315 e. The van der Waals surface area contributed by atoms with E-state index in [4.69, 9.17) is 4.74 Å². The van der Waals surface area contributed by atoms with Crippen LogP contribution in [0, 0.1) is 0 Å². The predicted molar refractivity (Wildman–Crippen MR) is 105 cm³/mol. The number of unbranched alkanes of at least 4 members (excludes halogenated alkanes) is 5. The van der Waals surface area contributed by atoms with Crippen LogP contribution in [0.3, 0.4) is 0 Å². The van der Waals surface area contributed by atoms with Gasteiger partial charge in [0.1, 0.15) is 5.82 Å². The van der Waals surface area contributed by atoms with E-state index >= 15 is 0 Å². The van der Waals surface area contributed by atoms with Crippen molar-refractivity contribution in [2.24, 2.45) is 0 Å². The van der Waals surface area contributed by atoms with E-state index in [0.717, 1.165) is 12.0 Å². The van der Waals surface area contributed by atoms with Crippen LogP contribution in [-0.2, 0) is 19.1 Å². The molecule has 1 aromatic carbocycles. The first-order valence-electron chi connectivity index (χ1n) is 9.61. The summed E-state index contributed by atoms with van der Waals surface area (Å²) >= 11 is 0. The molecule has 0 unspecified atom stereocenters. The summed E-state index contributed by atoms with van der Waals surface area (Å²) in [6.45, 7) is 4.64. The Morgan fingerprint density at radius 1 is 0.926 bits per heavy atom. The van der Waals surface area contributed by atoms with Gasteiger partial charge in [0.05, 0.1) is 6.61 Å². The summed E-state index contributed by atoms with van der Waals surface area (Å²) in [5, 5.41) is 4.83. The fourth-order valence-electron chi connectivity index (χ4n) is 2.35. The minimum atomic E-state index is -0.618. The van der Waals surface area contributed by atoms with E-state index in [1.807, 2.05) is 37.3 Å². The molecule has 6 heteroatoms. The van der Waals surface area contributed by atoms with Crippen molar-refractivity contribution in [3.63, 3.8) is 0 Å². The Labute approximate surface area is 161 Å². The van der Waals surface area contributed by atoms with Gasteiger partial charge in [-0.25, -0.2) is 0 Å². The second-order valence-corrected chi connectivity index (χ2v) is 6.22. The number of carbonyl (C=O) groups is 3. The van der Waals surface area contributed by atoms with E-state index < -0.39 is 11.8 Å². The first kappa shape index (κ1) is 22.4. The first-order valence-corrected chi connectivity index (χ1v) is 9.61. The van der Waals surface area contributed by atoms with Gasteiger partial charge in [-0.1, -0.05) is 76.3 Å². The van der Waals surface area contributed by atoms with Gasteiger partial charge in [0, 0.05) is 6.42 Å². The zero-order chi connectivity index (χ0) is 19.9. The van der Waals surface area contributed by atoms with Gasteiger partial charge in [-0.3, -0.25) is 14.4 Å². The van der Waals surface area contributed by atoms with E-state index in [1.165, 1.54) is 32.1 Å². The highest BCUT2D eigenvalue weighted by atomic mass is 16.5. The highest BCUT2D eigenvalue weighted by Gasteiger charge is 2.23. The van der Waals surface area contributed by atoms with Crippen molar-refractivity contribution in [3.05, 3.63) is 41.7 Å². The summed E-state index contributed by atoms with van der Waals surface area (Å²) in [4.78, 5) is 32.3. The molecule has 2 rings (SSSR count). The minimum absolute atomic E-state index is 0.0754. The van der Waals surface area contributed by atoms with Gasteiger partial charge in [0.25, 0.3) is 0 Å². The van der Waals surface area contributed by atoms with Gasteiger partial charge < -0.3 is 15.4 Å². The molecule has 6 nitrogen and oxygen atoms in total. The van der Waals surface area contributed by atoms with Crippen molar-refractivity contribution in [1.82, 2.24) is 10.6 Å². The lowest BCUT2D eigenvalue weighted by molar-refractivity contribution is -0.143. The summed E-state index contributed by atoms with van der Waals surface area (Å²) in [5.74, 6) is -0.890. The minimum Gasteiger partial charge on any atom is -0.466 e. The molecule has 0 spiro atoms. The Bertz CT molecular complexity index is 608. The summed E-state index contributed by atoms with van der Waals surface area (Å²) in [7, 11) is 0. The average molecular weight is 374 g/mol. The van der Waals surface area contributed by atoms with Gasteiger partial charge >= 0.3 is 17.8 Å². The molecule has 27 heavy (non-hydrogen) atoms. The SMILES string of the molecule is CCCCCCCCOC(=O)CC.O=C1NC(=Cc2ccccc2)NC1=O. The van der Waals surface area contributed by atoms with Gasteiger partial charge in [-0.05, 0) is 18.1 Å². The van der Waals surface area contributed by atoms with Crippen LogP contribution in [0.4, 0.5) is 0 Å². The molecule has 1 fully saturated rings. The maximum Gasteiger partial charge on any atom is 0.315 e. The highest BCUT2D eigenvalue weighted by molar-refractivity contribution is 6.38. The van der Waals surface area contributed by atoms with Crippen LogP contribution in [0.15, 0.2) is 36.2 Å². The molecule has 148 valence electrons. The van der Waals surface area contributed by atoms with E-state index in [2.05, 4.69) is 17.6 Å². The summed E-state index contributed by atoms with van der Waals surface area (Å²) in [6, 6.07) is 9.41. The molecule has 1 aliphatic heterocycles. The monoisotopic (exact) mass is 374 g/mol. The number of esters is 1. The largest absolute Gasteiger partial charge is 0.466 e. The van der Waals surface area contributed by atoms with Gasteiger partial charge in [-0.15, -0.1) is 0 Å². The molecule has 1 aliphatic rings. The van der Waals surface area contributed by atoms with E-state index in [-0.39, 0.29) is 5.97 Å². The Morgan fingerprint density at radius 2 is 1.52 bits per heavy atom. The van der Waals surface area contributed by atoms with Gasteiger partial charge in [0.2, 0.25) is 0 Å². The summed E-state index contributed by atoms with van der Waals surface area (Å²) < 4.78 is 4.96. The molecule has 0 aromatic heterocycles. The molecule has 0 saturated carbocycles. The summed E-state index contributed by atoms with van der Waals surface area (Å²) in [5.41, 5.74) is 0.921. The molecule has 0 aliphatic carbocycles. The Balaban J connectivity index is 0.000000271. The predicted octanol–water partition coefficient (Wildman–Crippen LogP) is 3.53. The second kappa shape index (κ2) is 13.6. The number of amides is 2. The van der Waals surface area contributed by atoms with Crippen LogP contribution >= 0.6 is 0 Å². The molecule has 0 radical (unpaired) electrons. The van der Waals surface area contributed by atoms with Crippen LogP contribution in [0.2, 0.25) is 0 Å². The number of rotatable bonds is 9. The molecular formula is C21H30N2O4. The second-order valence-electron chi connectivity index (χ2n) is 6.22. The number of hydrogen-bond donors (Lipinski definition) is 2. The third kappa shape index (κ3) is 10.2. The molecular weight excluding hydrogens is 344 g/mol. The molecule has 2 amide bonds. The maximum atomic E-state index is 10.8. The van der Waals surface area contributed by atoms with Gasteiger partial charge in [0.15, 0.2) is 0 Å². The zero-order valence-electron chi connectivity index (χ0n) is 16.3. The molecule has 1 heterocycles. The Kier molecular flexibility index (Phi) is 11.3. The molecule has 1 aromatic rings. The number of ether oxygens (including phenoxy) is 1. The molecule has 0 bridgehead atoms. The van der Waals surface area contributed by atoms with Crippen molar-refractivity contribution in [2.75, 3.05) is 6.61 Å². The lowest BCUT2D eigenvalue weighted by Crippen LogP contribution is -2.19. The molecule has 1 saturated heterocycles. The van der Waals surface area contributed by atoms with Crippen molar-refractivity contribution in [3.8, 4) is 0 Å². The van der Waals surface area contributed by atoms with Crippen LogP contribution < -0.4 is 10.6 Å². The molecule has 0 atom stereocenters. The number of benzene rings is 1. The van der Waals surface area contributed by atoms with Gasteiger partial charge in [-0.2, -0.15) is 0 Å². The average Bonchev–Trinajstić information content (AvgIpc) is 2.99. The quantitative estimate of drug-likeness (QED) is 0.393. The standard InChI is InChI=1S/C11H22O2.C10H8N2O2/c1-3-5-6-7-8-9-10-13-11(12)4-2;13-9-10(14)12-8(11-9)6-7-4-2-1-3-5-7/h3-10H2,1-2H3;1-6H,(H,11,13)(H,12,14). The highest BCUT2D eigenvalue weighted by Crippen LogP contribution is 2.05. The lowest BCUT2D eigenvalue weighted by atomic mass is 10.1. The van der Waals surface area contributed by atoms with Crippen LogP contribution in [0.1, 0.15) is 64.4 Å². The van der Waals surface area contributed by atoms with E-state index in [0.29, 0.717) is 18.8 Å². The zero-order valence-corrected chi connectivity index (χ0v) is 16.3. The Hall–Kier alpha value is -2.63. The van der Waals surface area contributed by atoms with Crippen LogP contribution in [0.5, 0.6) is 0 Å². The Morgan fingerprint density at radius 3 is 2.11 bits per heavy atom. The number of nitrogens with one attached hydrogen (secondary N) is 2. The first-order chi connectivity index (χ1) is 13.1. The third-order valence-electron chi connectivity index (χ3n) is 3.86. The lowest BCUT2D eigenvalue weighted by Gasteiger charge is -2.02. The topological polar surface area (TPSA) is 84.5 Å². The maximum absolute atomic E-state index is 10.8. The van der Waals surface area contributed by atoms with Crippen LogP contribution in [-0.4, -0.2) is 24.4 Å². The summed E-state index contributed by atoms with van der Waals surface area (Å²) in [6.07, 6.45) is 9.61.